The van der Waals surface area contributed by atoms with Gasteiger partial charge in [-0.25, -0.2) is 9.59 Å². The number of carboxylic acids is 1. The second kappa shape index (κ2) is 8.82. The average Bonchev–Trinajstić information content (AvgIpc) is 3.09. The molecule has 1 atom stereocenters. The summed E-state index contributed by atoms with van der Waals surface area (Å²) in [6.45, 7) is 0.140. The van der Waals surface area contributed by atoms with Gasteiger partial charge in [0.05, 0.1) is 0 Å². The predicted molar refractivity (Wildman–Crippen MR) is 119 cm³/mol. The van der Waals surface area contributed by atoms with Gasteiger partial charge in [-0.05, 0) is 39.9 Å². The Labute approximate surface area is 185 Å². The topological polar surface area (TPSA) is 66.8 Å². The fourth-order valence-electron chi connectivity index (χ4n) is 4.10. The zero-order chi connectivity index (χ0) is 22.0. The molecule has 158 valence electrons. The zero-order valence-corrected chi connectivity index (χ0v) is 17.8. The van der Waals surface area contributed by atoms with Crippen molar-refractivity contribution in [2.24, 2.45) is 0 Å². The Hall–Kier alpha value is -3.31. The number of carboxylic acid groups (broad SMARTS) is 1. The van der Waals surface area contributed by atoms with E-state index in [0.717, 1.165) is 32.7 Å². The van der Waals surface area contributed by atoms with Gasteiger partial charge in [-0.3, -0.25) is 4.90 Å². The van der Waals surface area contributed by atoms with Crippen LogP contribution in [0.2, 0.25) is 5.02 Å². The quantitative estimate of drug-likeness (QED) is 0.576. The van der Waals surface area contributed by atoms with E-state index in [1.54, 1.807) is 24.3 Å². The second-order valence-corrected chi connectivity index (χ2v) is 8.04. The van der Waals surface area contributed by atoms with Crippen LogP contribution in [0.15, 0.2) is 72.8 Å². The number of amides is 1. The molecule has 1 amide bonds. The van der Waals surface area contributed by atoms with Gasteiger partial charge in [-0.15, -0.1) is 0 Å². The Kier molecular flexibility index (Phi) is 5.96. The standard InChI is InChI=1S/C25H22ClNO4/c1-27(23(24(28)29)14-16-7-6-8-17(26)13-16)25(30)31-15-22-20-11-4-2-9-18(20)19-10-3-5-12-21(19)22/h2-13,22-23H,14-15H2,1H3,(H,28,29)/t23-/m1/s1. The van der Waals surface area contributed by atoms with E-state index in [4.69, 9.17) is 16.3 Å². The van der Waals surface area contributed by atoms with Crippen molar-refractivity contribution in [2.75, 3.05) is 13.7 Å². The molecule has 1 aliphatic rings. The van der Waals surface area contributed by atoms with Crippen LogP contribution >= 0.6 is 11.6 Å². The fourth-order valence-corrected chi connectivity index (χ4v) is 4.31. The predicted octanol–water partition coefficient (Wildman–Crippen LogP) is 5.22. The highest BCUT2D eigenvalue weighted by molar-refractivity contribution is 6.30. The van der Waals surface area contributed by atoms with Crippen LogP contribution in [0.5, 0.6) is 0 Å². The molecule has 31 heavy (non-hydrogen) atoms. The molecule has 0 spiro atoms. The fraction of sp³-hybridized carbons (Fsp3) is 0.200. The maximum atomic E-state index is 12.7. The van der Waals surface area contributed by atoms with Crippen molar-refractivity contribution in [3.05, 3.63) is 94.5 Å². The summed E-state index contributed by atoms with van der Waals surface area (Å²) in [6, 6.07) is 22.0. The minimum absolute atomic E-state index is 0.0824. The Morgan fingerprint density at radius 3 is 2.19 bits per heavy atom. The summed E-state index contributed by atoms with van der Waals surface area (Å²) in [5.74, 6) is -1.18. The van der Waals surface area contributed by atoms with Gasteiger partial charge in [0.2, 0.25) is 0 Å². The van der Waals surface area contributed by atoms with E-state index in [1.165, 1.54) is 7.05 Å². The van der Waals surface area contributed by atoms with Crippen molar-refractivity contribution in [3.8, 4) is 11.1 Å². The van der Waals surface area contributed by atoms with Crippen LogP contribution in [0.3, 0.4) is 0 Å². The van der Waals surface area contributed by atoms with Gasteiger partial charge in [0.15, 0.2) is 0 Å². The normalized spacial score (nSPS) is 13.2. The van der Waals surface area contributed by atoms with Crippen LogP contribution in [0.1, 0.15) is 22.6 Å². The number of carbonyl (C=O) groups is 2. The van der Waals surface area contributed by atoms with Gasteiger partial charge in [0.1, 0.15) is 12.6 Å². The number of fused-ring (bicyclic) bond motifs is 3. The molecule has 1 aliphatic carbocycles. The molecule has 3 aromatic rings. The molecule has 0 saturated carbocycles. The Morgan fingerprint density at radius 2 is 1.61 bits per heavy atom. The minimum atomic E-state index is -1.10. The average molecular weight is 436 g/mol. The number of ether oxygens (including phenoxy) is 1. The van der Waals surface area contributed by atoms with E-state index >= 15 is 0 Å². The molecular formula is C25H22ClNO4. The van der Waals surface area contributed by atoms with Crippen LogP contribution in [-0.4, -0.2) is 41.8 Å². The molecule has 0 aliphatic heterocycles. The van der Waals surface area contributed by atoms with E-state index < -0.39 is 18.1 Å². The van der Waals surface area contributed by atoms with Gasteiger partial charge >= 0.3 is 12.1 Å². The molecule has 0 fully saturated rings. The largest absolute Gasteiger partial charge is 0.480 e. The van der Waals surface area contributed by atoms with E-state index in [1.807, 2.05) is 36.4 Å². The molecule has 0 heterocycles. The maximum absolute atomic E-state index is 12.7. The summed E-state index contributed by atoms with van der Waals surface area (Å²) in [5.41, 5.74) is 5.22. The van der Waals surface area contributed by atoms with Crippen molar-refractivity contribution in [1.29, 1.82) is 0 Å². The summed E-state index contributed by atoms with van der Waals surface area (Å²) in [5, 5.41) is 10.2. The summed E-state index contributed by atoms with van der Waals surface area (Å²) < 4.78 is 5.59. The summed E-state index contributed by atoms with van der Waals surface area (Å²) in [6.07, 6.45) is -0.535. The Bertz CT molecular complexity index is 1080. The molecule has 0 bridgehead atoms. The number of benzene rings is 3. The van der Waals surface area contributed by atoms with Crippen LogP contribution in [0.25, 0.3) is 11.1 Å². The van der Waals surface area contributed by atoms with Crippen molar-refractivity contribution in [1.82, 2.24) is 4.90 Å². The third-order valence-electron chi connectivity index (χ3n) is 5.69. The second-order valence-electron chi connectivity index (χ2n) is 7.60. The highest BCUT2D eigenvalue weighted by Gasteiger charge is 2.32. The molecule has 0 unspecified atom stereocenters. The molecule has 0 radical (unpaired) electrons. The number of rotatable bonds is 6. The van der Waals surface area contributed by atoms with Crippen LogP contribution < -0.4 is 0 Å². The number of nitrogens with zero attached hydrogens (tertiary/aromatic N) is 1. The highest BCUT2D eigenvalue weighted by Crippen LogP contribution is 2.44. The third kappa shape index (κ3) is 4.28. The molecule has 0 aromatic heterocycles. The number of halogens is 1. The lowest BCUT2D eigenvalue weighted by Gasteiger charge is -2.25. The molecule has 6 heteroatoms. The van der Waals surface area contributed by atoms with Gasteiger partial charge in [0.25, 0.3) is 0 Å². The lowest BCUT2D eigenvalue weighted by Crippen LogP contribution is -2.44. The maximum Gasteiger partial charge on any atom is 0.410 e. The van der Waals surface area contributed by atoms with Crippen molar-refractivity contribution < 1.29 is 19.4 Å². The summed E-state index contributed by atoms with van der Waals surface area (Å²) in [4.78, 5) is 25.7. The summed E-state index contributed by atoms with van der Waals surface area (Å²) >= 11 is 6.00. The molecule has 1 N–H and O–H groups in total. The van der Waals surface area contributed by atoms with Crippen molar-refractivity contribution >= 4 is 23.7 Å². The first-order valence-corrected chi connectivity index (χ1v) is 10.4. The number of aliphatic carboxylic acids is 1. The summed E-state index contributed by atoms with van der Waals surface area (Å²) in [7, 11) is 1.45. The smallest absolute Gasteiger partial charge is 0.410 e. The number of hydrogen-bond donors (Lipinski definition) is 1. The first-order chi connectivity index (χ1) is 15.0. The van der Waals surface area contributed by atoms with Crippen LogP contribution in [0.4, 0.5) is 4.79 Å². The first-order valence-electron chi connectivity index (χ1n) is 10.0. The molecule has 5 nitrogen and oxygen atoms in total. The lowest BCUT2D eigenvalue weighted by molar-refractivity contribution is -0.142. The van der Waals surface area contributed by atoms with Gasteiger partial charge < -0.3 is 9.84 Å². The van der Waals surface area contributed by atoms with E-state index in [2.05, 4.69) is 12.1 Å². The number of likely N-dealkylation sites (N-methyl/N-ethyl adjacent to an activating group) is 1. The number of hydrogen-bond acceptors (Lipinski definition) is 3. The minimum Gasteiger partial charge on any atom is -0.480 e. The zero-order valence-electron chi connectivity index (χ0n) is 17.0. The molecule has 3 aromatic carbocycles. The van der Waals surface area contributed by atoms with Gasteiger partial charge in [0, 0.05) is 24.4 Å². The number of carbonyl (C=O) groups excluding carboxylic acids is 1. The molecule has 4 rings (SSSR count). The molecular weight excluding hydrogens is 414 g/mol. The highest BCUT2D eigenvalue weighted by atomic mass is 35.5. The van der Waals surface area contributed by atoms with E-state index in [9.17, 15) is 14.7 Å². The molecule has 0 saturated heterocycles. The lowest BCUT2D eigenvalue weighted by atomic mass is 9.98. The Balaban J connectivity index is 1.48. The van der Waals surface area contributed by atoms with Crippen molar-refractivity contribution in [3.63, 3.8) is 0 Å². The Morgan fingerprint density at radius 1 is 1.00 bits per heavy atom. The van der Waals surface area contributed by atoms with Gasteiger partial charge in [-0.2, -0.15) is 0 Å². The van der Waals surface area contributed by atoms with Crippen LogP contribution in [-0.2, 0) is 16.0 Å². The third-order valence-corrected chi connectivity index (χ3v) is 5.93. The monoisotopic (exact) mass is 435 g/mol. The first kappa shape index (κ1) is 20.9. The SMILES string of the molecule is CN(C(=O)OCC1c2ccccc2-c2ccccc21)[C@H](Cc1cccc(Cl)c1)C(=O)O. The van der Waals surface area contributed by atoms with E-state index in [0.29, 0.717) is 5.02 Å². The van der Waals surface area contributed by atoms with Crippen molar-refractivity contribution in [2.45, 2.75) is 18.4 Å². The van der Waals surface area contributed by atoms with E-state index in [-0.39, 0.29) is 18.9 Å². The van der Waals surface area contributed by atoms with Crippen LogP contribution in [0, 0.1) is 0 Å². The van der Waals surface area contributed by atoms with Gasteiger partial charge in [-0.1, -0.05) is 72.3 Å².